The van der Waals surface area contributed by atoms with Crippen molar-refractivity contribution in [3.8, 4) is 0 Å². The number of carbonyl (C=O) groups is 2. The molecule has 1 unspecified atom stereocenters. The van der Waals surface area contributed by atoms with Crippen molar-refractivity contribution in [3.63, 3.8) is 0 Å². The molecule has 0 radical (unpaired) electrons. The van der Waals surface area contributed by atoms with Crippen LogP contribution in [0.25, 0.3) is 0 Å². The van der Waals surface area contributed by atoms with Crippen LogP contribution < -0.4 is 10.2 Å². The van der Waals surface area contributed by atoms with Crippen molar-refractivity contribution in [3.05, 3.63) is 59.7 Å². The number of aryl methyl sites for hydroxylation is 1. The Balaban J connectivity index is 1.58. The highest BCUT2D eigenvalue weighted by atomic mass is 32.2. The van der Waals surface area contributed by atoms with Crippen LogP contribution in [-0.2, 0) is 16.0 Å². The van der Waals surface area contributed by atoms with Crippen molar-refractivity contribution < 1.29 is 9.59 Å². The zero-order valence-corrected chi connectivity index (χ0v) is 15.6. The minimum Gasteiger partial charge on any atom is -0.326 e. The Hall–Kier alpha value is -2.27. The van der Waals surface area contributed by atoms with E-state index in [0.717, 1.165) is 36.2 Å². The maximum atomic E-state index is 12.5. The number of hydrogen-bond donors (Lipinski definition) is 1. The van der Waals surface area contributed by atoms with Crippen LogP contribution >= 0.6 is 11.8 Å². The molecular formula is C21H22N2O2S. The number of anilines is 2. The summed E-state index contributed by atoms with van der Waals surface area (Å²) in [6.07, 6.45) is 2.95. The second kappa shape index (κ2) is 7.16. The van der Waals surface area contributed by atoms with Gasteiger partial charge in [-0.3, -0.25) is 14.5 Å². The number of rotatable bonds is 5. The number of thioether (sulfide) groups is 1. The first-order chi connectivity index (χ1) is 12.7. The SMILES string of the molecule is CCc1ccc(N2C(=O)CSC2c2cccc(NC(=O)C3CC3)c2)cc1. The summed E-state index contributed by atoms with van der Waals surface area (Å²) in [6.45, 7) is 2.12. The van der Waals surface area contributed by atoms with Gasteiger partial charge >= 0.3 is 0 Å². The third-order valence-corrected chi connectivity index (χ3v) is 6.09. The summed E-state index contributed by atoms with van der Waals surface area (Å²) in [5.74, 6) is 0.870. The van der Waals surface area contributed by atoms with Crippen LogP contribution in [0.2, 0.25) is 0 Å². The molecule has 1 heterocycles. The lowest BCUT2D eigenvalue weighted by Gasteiger charge is -2.25. The topological polar surface area (TPSA) is 49.4 Å². The van der Waals surface area contributed by atoms with Gasteiger partial charge < -0.3 is 5.32 Å². The Morgan fingerprint density at radius 2 is 1.96 bits per heavy atom. The first kappa shape index (κ1) is 17.2. The van der Waals surface area contributed by atoms with Gasteiger partial charge in [0.1, 0.15) is 5.37 Å². The van der Waals surface area contributed by atoms with E-state index in [4.69, 9.17) is 0 Å². The molecule has 2 aliphatic rings. The van der Waals surface area contributed by atoms with Gasteiger partial charge in [0.25, 0.3) is 0 Å². The molecular weight excluding hydrogens is 344 g/mol. The monoisotopic (exact) mass is 366 g/mol. The largest absolute Gasteiger partial charge is 0.326 e. The lowest BCUT2D eigenvalue weighted by atomic mass is 10.1. The van der Waals surface area contributed by atoms with Gasteiger partial charge in [0.15, 0.2) is 0 Å². The molecule has 2 aromatic rings. The van der Waals surface area contributed by atoms with E-state index in [2.05, 4.69) is 24.4 Å². The van der Waals surface area contributed by atoms with Crippen molar-refractivity contribution >= 4 is 35.0 Å². The number of amides is 2. The molecule has 0 spiro atoms. The van der Waals surface area contributed by atoms with Gasteiger partial charge in [0, 0.05) is 17.3 Å². The van der Waals surface area contributed by atoms with Crippen LogP contribution in [0.5, 0.6) is 0 Å². The molecule has 1 atom stereocenters. The molecule has 1 aliphatic carbocycles. The smallest absolute Gasteiger partial charge is 0.238 e. The van der Waals surface area contributed by atoms with E-state index >= 15 is 0 Å². The summed E-state index contributed by atoms with van der Waals surface area (Å²) in [5, 5.41) is 2.93. The van der Waals surface area contributed by atoms with Crippen LogP contribution in [0.3, 0.4) is 0 Å². The van der Waals surface area contributed by atoms with Gasteiger partial charge in [-0.1, -0.05) is 31.2 Å². The summed E-state index contributed by atoms with van der Waals surface area (Å²) >= 11 is 1.63. The summed E-state index contributed by atoms with van der Waals surface area (Å²) in [7, 11) is 0. The van der Waals surface area contributed by atoms with Crippen LogP contribution in [-0.4, -0.2) is 17.6 Å². The lowest BCUT2D eigenvalue weighted by molar-refractivity contribution is -0.117. The van der Waals surface area contributed by atoms with Crippen LogP contribution in [0.4, 0.5) is 11.4 Å². The molecule has 4 nitrogen and oxygen atoms in total. The average molecular weight is 366 g/mol. The molecule has 2 fully saturated rings. The third-order valence-electron chi connectivity index (χ3n) is 4.88. The highest BCUT2D eigenvalue weighted by Gasteiger charge is 2.34. The van der Waals surface area contributed by atoms with Gasteiger partial charge in [-0.15, -0.1) is 11.8 Å². The fourth-order valence-corrected chi connectivity index (χ4v) is 4.37. The Morgan fingerprint density at radius 1 is 1.19 bits per heavy atom. The molecule has 134 valence electrons. The van der Waals surface area contributed by atoms with E-state index in [-0.39, 0.29) is 23.1 Å². The third kappa shape index (κ3) is 3.49. The molecule has 1 aliphatic heterocycles. The Bertz CT molecular complexity index is 830. The van der Waals surface area contributed by atoms with Gasteiger partial charge in [0.2, 0.25) is 11.8 Å². The van der Waals surface area contributed by atoms with Gasteiger partial charge in [-0.25, -0.2) is 0 Å². The molecule has 0 aromatic heterocycles. The van der Waals surface area contributed by atoms with E-state index < -0.39 is 0 Å². The second-order valence-corrected chi connectivity index (χ2v) is 7.90. The van der Waals surface area contributed by atoms with E-state index in [1.54, 1.807) is 11.8 Å². The quantitative estimate of drug-likeness (QED) is 0.854. The summed E-state index contributed by atoms with van der Waals surface area (Å²) in [5.41, 5.74) is 4.03. The van der Waals surface area contributed by atoms with Crippen LogP contribution in [0, 0.1) is 5.92 Å². The minimum atomic E-state index is -0.0623. The first-order valence-corrected chi connectivity index (χ1v) is 10.1. The zero-order chi connectivity index (χ0) is 18.1. The van der Waals surface area contributed by atoms with E-state index in [0.29, 0.717) is 5.75 Å². The molecule has 4 rings (SSSR count). The van der Waals surface area contributed by atoms with Crippen molar-refractivity contribution in [2.75, 3.05) is 16.0 Å². The van der Waals surface area contributed by atoms with E-state index in [1.807, 2.05) is 41.3 Å². The predicted molar refractivity (Wildman–Crippen MR) is 106 cm³/mol. The van der Waals surface area contributed by atoms with Gasteiger partial charge in [-0.2, -0.15) is 0 Å². The van der Waals surface area contributed by atoms with Gasteiger partial charge in [0.05, 0.1) is 5.75 Å². The van der Waals surface area contributed by atoms with Crippen molar-refractivity contribution in [1.29, 1.82) is 0 Å². The number of nitrogens with one attached hydrogen (secondary N) is 1. The number of benzene rings is 2. The summed E-state index contributed by atoms with van der Waals surface area (Å²) < 4.78 is 0. The molecule has 1 N–H and O–H groups in total. The van der Waals surface area contributed by atoms with Crippen molar-refractivity contribution in [2.24, 2.45) is 5.92 Å². The molecule has 0 bridgehead atoms. The number of hydrogen-bond acceptors (Lipinski definition) is 3. The van der Waals surface area contributed by atoms with E-state index in [1.165, 1.54) is 5.56 Å². The van der Waals surface area contributed by atoms with Gasteiger partial charge in [-0.05, 0) is 54.7 Å². The average Bonchev–Trinajstić information content (AvgIpc) is 3.45. The Morgan fingerprint density at radius 3 is 2.65 bits per heavy atom. The lowest BCUT2D eigenvalue weighted by Crippen LogP contribution is -2.27. The van der Waals surface area contributed by atoms with Crippen molar-refractivity contribution in [1.82, 2.24) is 0 Å². The standard InChI is InChI=1S/C21H22N2O2S/c1-2-14-6-10-18(11-7-14)23-19(24)13-26-21(23)16-4-3-5-17(12-16)22-20(25)15-8-9-15/h3-7,10-12,15,21H,2,8-9,13H2,1H3,(H,22,25). The van der Waals surface area contributed by atoms with Crippen LogP contribution in [0.15, 0.2) is 48.5 Å². The molecule has 2 amide bonds. The van der Waals surface area contributed by atoms with E-state index in [9.17, 15) is 9.59 Å². The second-order valence-electron chi connectivity index (χ2n) is 6.84. The Kier molecular flexibility index (Phi) is 4.72. The zero-order valence-electron chi connectivity index (χ0n) is 14.8. The predicted octanol–water partition coefficient (Wildman–Crippen LogP) is 4.38. The molecule has 26 heavy (non-hydrogen) atoms. The summed E-state index contributed by atoms with van der Waals surface area (Å²) in [4.78, 5) is 26.4. The fraction of sp³-hybridized carbons (Fsp3) is 0.333. The maximum Gasteiger partial charge on any atom is 0.238 e. The normalized spacial score (nSPS) is 19.7. The molecule has 1 saturated heterocycles. The minimum absolute atomic E-state index is 0.0623. The Labute approximate surface area is 158 Å². The number of nitrogens with zero attached hydrogens (tertiary/aromatic N) is 1. The first-order valence-electron chi connectivity index (χ1n) is 9.09. The van der Waals surface area contributed by atoms with Crippen molar-refractivity contribution in [2.45, 2.75) is 31.6 Å². The number of carbonyl (C=O) groups excluding carboxylic acids is 2. The highest BCUT2D eigenvalue weighted by Crippen LogP contribution is 2.42. The molecule has 5 heteroatoms. The highest BCUT2D eigenvalue weighted by molar-refractivity contribution is 8.00. The maximum absolute atomic E-state index is 12.5. The molecule has 1 saturated carbocycles. The fourth-order valence-electron chi connectivity index (χ4n) is 3.20. The van der Waals surface area contributed by atoms with Crippen LogP contribution in [0.1, 0.15) is 36.3 Å². The summed E-state index contributed by atoms with van der Waals surface area (Å²) in [6, 6.07) is 16.1. The molecule has 2 aromatic carbocycles.